The molecule has 0 aliphatic heterocycles. The average molecular weight is 401 g/mol. The molecule has 0 saturated carbocycles. The smallest absolute Gasteiger partial charge is 0.292 e. The van der Waals surface area contributed by atoms with E-state index in [2.05, 4.69) is 26.6 Å². The number of nitriles is 1. The van der Waals surface area contributed by atoms with Crippen LogP contribution in [-0.4, -0.2) is 17.9 Å². The molecule has 0 atom stereocenters. The fourth-order valence-electron chi connectivity index (χ4n) is 2.07. The summed E-state index contributed by atoms with van der Waals surface area (Å²) in [5.74, 6) is -0.602. The van der Waals surface area contributed by atoms with Crippen molar-refractivity contribution in [1.82, 2.24) is 0 Å². The van der Waals surface area contributed by atoms with Crippen molar-refractivity contribution in [2.24, 2.45) is 0 Å². The molecule has 0 bridgehead atoms. The van der Waals surface area contributed by atoms with Gasteiger partial charge in [0.05, 0.1) is 10.6 Å². The zero-order valence-corrected chi connectivity index (χ0v) is 14.7. The van der Waals surface area contributed by atoms with Crippen molar-refractivity contribution in [1.29, 1.82) is 5.26 Å². The molecule has 0 aromatic heterocycles. The summed E-state index contributed by atoms with van der Waals surface area (Å²) in [5, 5.41) is 25.7. The Morgan fingerprint density at radius 3 is 2.60 bits per heavy atom. The summed E-state index contributed by atoms with van der Waals surface area (Å²) in [5.41, 5.74) is 0.940. The van der Waals surface area contributed by atoms with Crippen LogP contribution in [0.4, 0.5) is 17.1 Å². The first-order valence-electron chi connectivity index (χ1n) is 7.10. The zero-order chi connectivity index (χ0) is 18.4. The fourth-order valence-corrected chi connectivity index (χ4v) is 2.45. The van der Waals surface area contributed by atoms with Crippen LogP contribution in [0.25, 0.3) is 6.08 Å². The van der Waals surface area contributed by atoms with Gasteiger partial charge < -0.3 is 10.6 Å². The van der Waals surface area contributed by atoms with Crippen LogP contribution in [-0.2, 0) is 4.79 Å². The Bertz CT molecular complexity index is 903. The summed E-state index contributed by atoms with van der Waals surface area (Å²) in [4.78, 5) is 22.8. The standard InChI is InChI=1S/C17H13BrN4O3/c1-20-15-7-6-11(9-16(15)22(24)25)8-12(10-19)17(23)21-14-5-3-2-4-13(14)18/h2-9,20H,1H3,(H,21,23)/b12-8-. The first-order valence-corrected chi connectivity index (χ1v) is 7.89. The third kappa shape index (κ3) is 4.43. The van der Waals surface area contributed by atoms with E-state index in [1.807, 2.05) is 6.07 Å². The fraction of sp³-hybridized carbons (Fsp3) is 0.0588. The van der Waals surface area contributed by atoms with E-state index < -0.39 is 10.8 Å². The van der Waals surface area contributed by atoms with Crippen LogP contribution in [0.3, 0.4) is 0 Å². The molecular formula is C17H13BrN4O3. The van der Waals surface area contributed by atoms with Crippen molar-refractivity contribution >= 4 is 45.0 Å². The lowest BCUT2D eigenvalue weighted by Crippen LogP contribution is -2.13. The molecule has 0 aliphatic carbocycles. The van der Waals surface area contributed by atoms with Gasteiger partial charge in [0.15, 0.2) is 0 Å². The Labute approximate surface area is 152 Å². The largest absolute Gasteiger partial charge is 0.383 e. The quantitative estimate of drug-likeness (QED) is 0.341. The first kappa shape index (κ1) is 18.2. The van der Waals surface area contributed by atoms with E-state index in [1.54, 1.807) is 37.4 Å². The van der Waals surface area contributed by atoms with Crippen molar-refractivity contribution in [3.8, 4) is 6.07 Å². The highest BCUT2D eigenvalue weighted by Gasteiger charge is 2.15. The third-order valence-electron chi connectivity index (χ3n) is 3.29. The molecule has 0 unspecified atom stereocenters. The van der Waals surface area contributed by atoms with E-state index >= 15 is 0 Å². The maximum absolute atomic E-state index is 12.3. The summed E-state index contributed by atoms with van der Waals surface area (Å²) >= 11 is 3.30. The van der Waals surface area contributed by atoms with Gasteiger partial charge in [-0.1, -0.05) is 18.2 Å². The lowest BCUT2D eigenvalue weighted by molar-refractivity contribution is -0.384. The Hall–Kier alpha value is -3.18. The monoisotopic (exact) mass is 400 g/mol. The van der Waals surface area contributed by atoms with Crippen LogP contribution in [0.1, 0.15) is 5.56 Å². The van der Waals surface area contributed by atoms with E-state index in [1.165, 1.54) is 18.2 Å². The molecule has 0 aliphatic rings. The van der Waals surface area contributed by atoms with Crippen LogP contribution in [0.2, 0.25) is 0 Å². The average Bonchev–Trinajstić information content (AvgIpc) is 2.61. The highest BCUT2D eigenvalue weighted by molar-refractivity contribution is 9.10. The second-order valence-electron chi connectivity index (χ2n) is 4.89. The van der Waals surface area contributed by atoms with E-state index in [4.69, 9.17) is 0 Å². The lowest BCUT2D eigenvalue weighted by atomic mass is 10.1. The Kier molecular flexibility index (Phi) is 5.87. The molecule has 126 valence electrons. The molecule has 0 heterocycles. The normalized spacial score (nSPS) is 10.7. The van der Waals surface area contributed by atoms with Gasteiger partial charge in [-0.05, 0) is 45.8 Å². The van der Waals surface area contributed by atoms with E-state index in [9.17, 15) is 20.2 Å². The number of halogens is 1. The highest BCUT2D eigenvalue weighted by Crippen LogP contribution is 2.26. The lowest BCUT2D eigenvalue weighted by Gasteiger charge is -2.07. The van der Waals surface area contributed by atoms with Crippen LogP contribution in [0.15, 0.2) is 52.5 Å². The SMILES string of the molecule is CNc1ccc(/C=C(/C#N)C(=O)Nc2ccccc2Br)cc1[N+](=O)[O-]. The number of amides is 1. The van der Waals surface area contributed by atoms with Gasteiger partial charge in [0, 0.05) is 17.6 Å². The molecule has 7 nitrogen and oxygen atoms in total. The van der Waals surface area contributed by atoms with Crippen LogP contribution in [0.5, 0.6) is 0 Å². The summed E-state index contributed by atoms with van der Waals surface area (Å²) in [6, 6.07) is 13.2. The third-order valence-corrected chi connectivity index (χ3v) is 3.98. The number of carbonyl (C=O) groups is 1. The predicted octanol–water partition coefficient (Wildman–Crippen LogP) is 3.94. The van der Waals surface area contributed by atoms with Gasteiger partial charge in [0.1, 0.15) is 17.3 Å². The Morgan fingerprint density at radius 2 is 2.00 bits per heavy atom. The van der Waals surface area contributed by atoms with Crippen LogP contribution < -0.4 is 10.6 Å². The number of nitrogens with one attached hydrogen (secondary N) is 2. The minimum absolute atomic E-state index is 0.139. The molecule has 2 aromatic carbocycles. The molecule has 25 heavy (non-hydrogen) atoms. The number of anilines is 2. The molecule has 0 fully saturated rings. The number of rotatable bonds is 5. The minimum atomic E-state index is -0.602. The minimum Gasteiger partial charge on any atom is -0.383 e. The van der Waals surface area contributed by atoms with Crippen LogP contribution in [0, 0.1) is 21.4 Å². The topological polar surface area (TPSA) is 108 Å². The maximum Gasteiger partial charge on any atom is 0.292 e. The van der Waals surface area contributed by atoms with Crippen molar-refractivity contribution in [3.63, 3.8) is 0 Å². The molecule has 0 radical (unpaired) electrons. The summed E-state index contributed by atoms with van der Waals surface area (Å²) in [7, 11) is 1.57. The number of para-hydroxylation sites is 1. The van der Waals surface area contributed by atoms with Crippen molar-refractivity contribution in [2.45, 2.75) is 0 Å². The van der Waals surface area contributed by atoms with Crippen LogP contribution >= 0.6 is 15.9 Å². The van der Waals surface area contributed by atoms with Gasteiger partial charge in [0.25, 0.3) is 11.6 Å². The molecular weight excluding hydrogens is 388 g/mol. The number of carbonyl (C=O) groups excluding carboxylic acids is 1. The van der Waals surface area contributed by atoms with Gasteiger partial charge in [-0.25, -0.2) is 0 Å². The summed E-state index contributed by atoms with van der Waals surface area (Å²) < 4.78 is 0.676. The number of benzene rings is 2. The predicted molar refractivity (Wildman–Crippen MR) is 99.0 cm³/mol. The van der Waals surface area contributed by atoms with E-state index in [0.717, 1.165) is 0 Å². The summed E-state index contributed by atoms with van der Waals surface area (Å²) in [6.07, 6.45) is 1.30. The molecule has 0 saturated heterocycles. The van der Waals surface area contributed by atoms with Gasteiger partial charge >= 0.3 is 0 Å². The van der Waals surface area contributed by atoms with Gasteiger partial charge in [-0.3, -0.25) is 14.9 Å². The number of nitro groups is 1. The number of hydrogen-bond acceptors (Lipinski definition) is 5. The molecule has 2 N–H and O–H groups in total. The number of hydrogen-bond donors (Lipinski definition) is 2. The molecule has 0 spiro atoms. The van der Waals surface area contributed by atoms with E-state index in [0.29, 0.717) is 21.4 Å². The van der Waals surface area contributed by atoms with Crippen molar-refractivity contribution in [2.75, 3.05) is 17.7 Å². The van der Waals surface area contributed by atoms with Crippen molar-refractivity contribution in [3.05, 3.63) is 68.2 Å². The maximum atomic E-state index is 12.3. The zero-order valence-electron chi connectivity index (χ0n) is 13.1. The molecule has 2 aromatic rings. The van der Waals surface area contributed by atoms with Gasteiger partial charge in [-0.15, -0.1) is 0 Å². The Morgan fingerprint density at radius 1 is 1.28 bits per heavy atom. The number of nitro benzene ring substituents is 1. The Balaban J connectivity index is 2.33. The second-order valence-corrected chi connectivity index (χ2v) is 5.74. The van der Waals surface area contributed by atoms with E-state index in [-0.39, 0.29) is 11.3 Å². The summed E-state index contributed by atoms with van der Waals surface area (Å²) in [6.45, 7) is 0. The molecule has 1 amide bonds. The highest BCUT2D eigenvalue weighted by atomic mass is 79.9. The number of nitrogens with zero attached hydrogens (tertiary/aromatic N) is 2. The molecule has 2 rings (SSSR count). The molecule has 8 heteroatoms. The van der Waals surface area contributed by atoms with Crippen molar-refractivity contribution < 1.29 is 9.72 Å². The second kappa shape index (κ2) is 8.08. The first-order chi connectivity index (χ1) is 12.0. The van der Waals surface area contributed by atoms with Gasteiger partial charge in [-0.2, -0.15) is 5.26 Å². The van der Waals surface area contributed by atoms with Gasteiger partial charge in [0.2, 0.25) is 0 Å².